The average molecular weight is 447 g/mol. The van der Waals surface area contributed by atoms with Crippen molar-refractivity contribution < 1.29 is 23.9 Å². The monoisotopic (exact) mass is 446 g/mol. The van der Waals surface area contributed by atoms with Gasteiger partial charge in [0, 0.05) is 13.1 Å². The van der Waals surface area contributed by atoms with Crippen LogP contribution in [0.5, 0.6) is 11.5 Å². The van der Waals surface area contributed by atoms with Crippen LogP contribution in [0.25, 0.3) is 6.08 Å². The summed E-state index contributed by atoms with van der Waals surface area (Å²) < 4.78 is 11.3. The molecular weight excluding hydrogens is 416 g/mol. The second-order valence-electron chi connectivity index (χ2n) is 7.81. The maximum Gasteiger partial charge on any atom is 0.294 e. The number of likely N-dealkylation sites (tertiary alicyclic amines) is 1. The number of ether oxygens (including phenoxy) is 2. The summed E-state index contributed by atoms with van der Waals surface area (Å²) in [6, 6.07) is 5.38. The number of thioether (sulfide) groups is 1. The van der Waals surface area contributed by atoms with E-state index in [2.05, 4.69) is 0 Å². The molecule has 3 amide bonds. The Bertz CT molecular complexity index is 862. The first-order chi connectivity index (χ1) is 14.9. The number of methoxy groups -OCH3 is 1. The molecule has 8 heteroatoms. The first-order valence-corrected chi connectivity index (χ1v) is 11.6. The molecule has 31 heavy (non-hydrogen) atoms. The van der Waals surface area contributed by atoms with Gasteiger partial charge >= 0.3 is 0 Å². The van der Waals surface area contributed by atoms with Gasteiger partial charge in [-0.05, 0) is 61.7 Å². The lowest BCUT2D eigenvalue weighted by Crippen LogP contribution is -2.42. The quantitative estimate of drug-likeness (QED) is 0.581. The predicted octanol–water partition coefficient (Wildman–Crippen LogP) is 4.31. The van der Waals surface area contributed by atoms with Crippen LogP contribution in [0.4, 0.5) is 4.79 Å². The SMILES string of the molecule is CCC(C)Oc1ccc(C=C2SC(=O)N(CC(=O)N3CCCCCC3)C2=O)cc1OC. The Kier molecular flexibility index (Phi) is 8.01. The number of rotatable bonds is 7. The van der Waals surface area contributed by atoms with Crippen molar-refractivity contribution in [3.8, 4) is 11.5 Å². The normalized spacial score (nSPS) is 19.5. The molecule has 0 saturated carbocycles. The number of hydrogen-bond donors (Lipinski definition) is 0. The molecule has 168 valence electrons. The van der Waals surface area contributed by atoms with Crippen LogP contribution in [0.2, 0.25) is 0 Å². The van der Waals surface area contributed by atoms with Crippen molar-refractivity contribution in [1.82, 2.24) is 9.80 Å². The summed E-state index contributed by atoms with van der Waals surface area (Å²) in [5.41, 5.74) is 0.720. The fraction of sp³-hybridized carbons (Fsp3) is 0.522. The zero-order chi connectivity index (χ0) is 22.4. The molecule has 1 aromatic carbocycles. The predicted molar refractivity (Wildman–Crippen MR) is 121 cm³/mol. The lowest BCUT2D eigenvalue weighted by molar-refractivity contribution is -0.135. The zero-order valence-electron chi connectivity index (χ0n) is 18.4. The summed E-state index contributed by atoms with van der Waals surface area (Å²) in [6.45, 7) is 5.20. The highest BCUT2D eigenvalue weighted by atomic mass is 32.2. The van der Waals surface area contributed by atoms with Crippen LogP contribution in [0, 0.1) is 0 Å². The third kappa shape index (κ3) is 5.81. The van der Waals surface area contributed by atoms with E-state index in [0.717, 1.165) is 54.3 Å². The largest absolute Gasteiger partial charge is 0.493 e. The number of nitrogens with zero attached hydrogens (tertiary/aromatic N) is 2. The van der Waals surface area contributed by atoms with E-state index in [1.54, 1.807) is 30.2 Å². The van der Waals surface area contributed by atoms with Crippen molar-refractivity contribution in [3.05, 3.63) is 28.7 Å². The lowest BCUT2D eigenvalue weighted by Gasteiger charge is -2.22. The second kappa shape index (κ2) is 10.7. The van der Waals surface area contributed by atoms with Crippen LogP contribution in [0.3, 0.4) is 0 Å². The molecule has 0 aromatic heterocycles. The maximum absolute atomic E-state index is 12.8. The van der Waals surface area contributed by atoms with Gasteiger partial charge in [0.25, 0.3) is 11.1 Å². The van der Waals surface area contributed by atoms with Gasteiger partial charge in [-0.1, -0.05) is 25.8 Å². The van der Waals surface area contributed by atoms with Gasteiger partial charge in [-0.15, -0.1) is 0 Å². The molecule has 7 nitrogen and oxygen atoms in total. The molecule has 1 unspecified atom stereocenters. The summed E-state index contributed by atoms with van der Waals surface area (Å²) >= 11 is 0.857. The van der Waals surface area contributed by atoms with Gasteiger partial charge in [-0.3, -0.25) is 19.3 Å². The molecule has 0 radical (unpaired) electrons. The first-order valence-electron chi connectivity index (χ1n) is 10.8. The van der Waals surface area contributed by atoms with E-state index >= 15 is 0 Å². The molecule has 3 rings (SSSR count). The summed E-state index contributed by atoms with van der Waals surface area (Å²) in [6.07, 6.45) is 6.72. The topological polar surface area (TPSA) is 76.2 Å². The number of benzene rings is 1. The van der Waals surface area contributed by atoms with Crippen LogP contribution >= 0.6 is 11.8 Å². The molecule has 2 aliphatic heterocycles. The first kappa shape index (κ1) is 23.2. The lowest BCUT2D eigenvalue weighted by atomic mass is 10.1. The Balaban J connectivity index is 1.71. The van der Waals surface area contributed by atoms with Crippen molar-refractivity contribution in [2.75, 3.05) is 26.7 Å². The maximum atomic E-state index is 12.8. The summed E-state index contributed by atoms with van der Waals surface area (Å²) in [5, 5.41) is -0.414. The molecule has 0 N–H and O–H groups in total. The third-order valence-corrected chi connectivity index (χ3v) is 6.42. The highest BCUT2D eigenvalue weighted by molar-refractivity contribution is 8.18. The van der Waals surface area contributed by atoms with Gasteiger partial charge in [-0.2, -0.15) is 0 Å². The summed E-state index contributed by atoms with van der Waals surface area (Å²) in [5.74, 6) is 0.588. The van der Waals surface area contributed by atoms with E-state index in [1.807, 2.05) is 19.9 Å². The Hall–Kier alpha value is -2.48. The van der Waals surface area contributed by atoms with Crippen molar-refractivity contribution in [3.63, 3.8) is 0 Å². The van der Waals surface area contributed by atoms with Gasteiger partial charge in [0.2, 0.25) is 5.91 Å². The molecule has 2 saturated heterocycles. The molecule has 2 fully saturated rings. The fourth-order valence-corrected chi connectivity index (χ4v) is 4.35. The minimum Gasteiger partial charge on any atom is -0.493 e. The van der Waals surface area contributed by atoms with Crippen LogP contribution < -0.4 is 9.47 Å². The Morgan fingerprint density at radius 2 is 1.87 bits per heavy atom. The molecular formula is C23H30N2O5S. The molecule has 1 aromatic rings. The highest BCUT2D eigenvalue weighted by Crippen LogP contribution is 2.35. The van der Waals surface area contributed by atoms with E-state index in [0.29, 0.717) is 29.5 Å². The fourth-order valence-electron chi connectivity index (χ4n) is 3.51. The van der Waals surface area contributed by atoms with Crippen LogP contribution in [-0.4, -0.2) is 59.7 Å². The van der Waals surface area contributed by atoms with Crippen molar-refractivity contribution >= 4 is 34.9 Å². The Morgan fingerprint density at radius 1 is 1.16 bits per heavy atom. The molecule has 0 spiro atoms. The van der Waals surface area contributed by atoms with Crippen molar-refractivity contribution in [2.24, 2.45) is 0 Å². The molecule has 1 atom stereocenters. The van der Waals surface area contributed by atoms with Gasteiger partial charge in [0.1, 0.15) is 6.54 Å². The minimum atomic E-state index is -0.433. The van der Waals surface area contributed by atoms with Crippen molar-refractivity contribution in [1.29, 1.82) is 0 Å². The smallest absolute Gasteiger partial charge is 0.294 e. The van der Waals surface area contributed by atoms with Crippen LogP contribution in [0.1, 0.15) is 51.5 Å². The van der Waals surface area contributed by atoms with Crippen LogP contribution in [0.15, 0.2) is 23.1 Å². The number of carbonyl (C=O) groups is 3. The Labute approximate surface area is 187 Å². The molecule has 2 aliphatic rings. The molecule has 0 bridgehead atoms. The average Bonchev–Trinajstić information content (AvgIpc) is 2.97. The number of hydrogen-bond acceptors (Lipinski definition) is 6. The van der Waals surface area contributed by atoms with Gasteiger partial charge in [0.15, 0.2) is 11.5 Å². The molecule has 2 heterocycles. The van der Waals surface area contributed by atoms with E-state index in [-0.39, 0.29) is 18.6 Å². The van der Waals surface area contributed by atoms with Crippen molar-refractivity contribution in [2.45, 2.75) is 52.1 Å². The number of amides is 3. The Morgan fingerprint density at radius 3 is 2.52 bits per heavy atom. The van der Waals surface area contributed by atoms with Gasteiger partial charge in [-0.25, -0.2) is 0 Å². The highest BCUT2D eigenvalue weighted by Gasteiger charge is 2.37. The number of imide groups is 1. The number of carbonyl (C=O) groups excluding carboxylic acids is 3. The van der Waals surface area contributed by atoms with E-state index in [4.69, 9.17) is 9.47 Å². The minimum absolute atomic E-state index is 0.0537. The van der Waals surface area contributed by atoms with Crippen LogP contribution in [-0.2, 0) is 9.59 Å². The second-order valence-corrected chi connectivity index (χ2v) is 8.80. The van der Waals surface area contributed by atoms with Gasteiger partial charge < -0.3 is 14.4 Å². The third-order valence-electron chi connectivity index (χ3n) is 5.51. The standard InChI is InChI=1S/C23H30N2O5S/c1-4-16(2)30-18-10-9-17(13-19(18)29-3)14-20-22(27)25(23(28)31-20)15-21(26)24-11-7-5-6-8-12-24/h9-10,13-14,16H,4-8,11-12,15H2,1-3H3. The van der Waals surface area contributed by atoms with E-state index in [1.165, 1.54) is 0 Å². The summed E-state index contributed by atoms with van der Waals surface area (Å²) in [7, 11) is 1.56. The van der Waals surface area contributed by atoms with E-state index < -0.39 is 11.1 Å². The molecule has 0 aliphatic carbocycles. The zero-order valence-corrected chi connectivity index (χ0v) is 19.2. The van der Waals surface area contributed by atoms with Gasteiger partial charge in [0.05, 0.1) is 18.1 Å². The van der Waals surface area contributed by atoms with E-state index in [9.17, 15) is 14.4 Å². The summed E-state index contributed by atoms with van der Waals surface area (Å²) in [4.78, 5) is 40.9.